The Bertz CT molecular complexity index is 1210. The number of amides is 1. The molecule has 172 valence electrons. The van der Waals surface area contributed by atoms with E-state index in [9.17, 15) is 14.7 Å². The Morgan fingerprint density at radius 2 is 1.70 bits per heavy atom. The molecule has 33 heavy (non-hydrogen) atoms. The van der Waals surface area contributed by atoms with Crippen molar-refractivity contribution in [1.29, 1.82) is 0 Å². The number of nitrogens with zero attached hydrogens (tertiary/aromatic N) is 3. The summed E-state index contributed by atoms with van der Waals surface area (Å²) in [6.45, 7) is 11.1. The van der Waals surface area contributed by atoms with Gasteiger partial charge in [0.1, 0.15) is 5.82 Å². The smallest absolute Gasteiger partial charge is 0.336 e. The number of carbonyl (C=O) groups is 2. The molecule has 0 spiro atoms. The first kappa shape index (κ1) is 22.6. The molecule has 2 N–H and O–H groups in total. The highest BCUT2D eigenvalue weighted by Gasteiger charge is 2.22. The molecule has 1 aliphatic rings. The number of rotatable bonds is 5. The Morgan fingerprint density at radius 3 is 2.36 bits per heavy atom. The van der Waals surface area contributed by atoms with E-state index < -0.39 is 5.97 Å². The van der Waals surface area contributed by atoms with Gasteiger partial charge in [-0.1, -0.05) is 26.0 Å². The zero-order valence-electron chi connectivity index (χ0n) is 19.6. The van der Waals surface area contributed by atoms with Gasteiger partial charge in [0.2, 0.25) is 5.91 Å². The van der Waals surface area contributed by atoms with Crippen LogP contribution in [0.25, 0.3) is 10.9 Å². The zero-order valence-corrected chi connectivity index (χ0v) is 19.6. The predicted molar refractivity (Wildman–Crippen MR) is 133 cm³/mol. The first-order valence-electron chi connectivity index (χ1n) is 11.3. The largest absolute Gasteiger partial charge is 0.478 e. The van der Waals surface area contributed by atoms with Gasteiger partial charge in [-0.15, -0.1) is 0 Å². The third-order valence-electron chi connectivity index (χ3n) is 6.34. The minimum absolute atomic E-state index is 0.113. The molecule has 2 heterocycles. The van der Waals surface area contributed by atoms with E-state index in [0.717, 1.165) is 26.2 Å². The van der Waals surface area contributed by atoms with Crippen LogP contribution < -0.4 is 15.1 Å². The number of aromatic nitrogens is 1. The number of carboxylic acids is 1. The Balaban J connectivity index is 1.59. The van der Waals surface area contributed by atoms with Gasteiger partial charge in [0.15, 0.2) is 0 Å². The van der Waals surface area contributed by atoms with E-state index in [0.29, 0.717) is 22.4 Å². The number of piperazine rings is 1. The lowest BCUT2D eigenvalue weighted by Crippen LogP contribution is -2.47. The summed E-state index contributed by atoms with van der Waals surface area (Å²) >= 11 is 0. The van der Waals surface area contributed by atoms with Gasteiger partial charge in [-0.2, -0.15) is 0 Å². The van der Waals surface area contributed by atoms with E-state index in [1.54, 1.807) is 24.3 Å². The Morgan fingerprint density at radius 1 is 1.00 bits per heavy atom. The van der Waals surface area contributed by atoms with E-state index in [1.165, 1.54) is 16.8 Å². The molecule has 3 aromatic rings. The number of hydrogen-bond donors (Lipinski definition) is 2. The maximum atomic E-state index is 12.1. The average molecular weight is 447 g/mol. The molecule has 1 fully saturated rings. The van der Waals surface area contributed by atoms with Crippen LogP contribution in [0.5, 0.6) is 0 Å². The molecule has 0 unspecified atom stereocenters. The number of aryl methyl sites for hydroxylation is 1. The van der Waals surface area contributed by atoms with Crippen LogP contribution in [-0.4, -0.2) is 48.1 Å². The molecular weight excluding hydrogens is 416 g/mol. The lowest BCUT2D eigenvalue weighted by atomic mass is 10.1. The van der Waals surface area contributed by atoms with E-state index in [-0.39, 0.29) is 17.4 Å². The van der Waals surface area contributed by atoms with Gasteiger partial charge in [-0.25, -0.2) is 9.78 Å². The molecule has 7 heteroatoms. The Labute approximate surface area is 194 Å². The molecular formula is C26H30N4O3. The highest BCUT2D eigenvalue weighted by Crippen LogP contribution is 2.29. The van der Waals surface area contributed by atoms with Crippen molar-refractivity contribution in [3.63, 3.8) is 0 Å². The standard InChI is InChI=1S/C26H30N4O3/c1-16(2)25(31)27-19-8-9-22-20(14-19)21(26(32)33)15-24(28-22)30-12-10-29(11-13-30)23-7-5-6-17(3)18(23)4/h5-9,14-16H,10-13H2,1-4H3,(H,27,31)(H,32,33). The van der Waals surface area contributed by atoms with Crippen molar-refractivity contribution < 1.29 is 14.7 Å². The van der Waals surface area contributed by atoms with Gasteiger partial charge in [0.05, 0.1) is 11.1 Å². The number of benzene rings is 2. The Hall–Kier alpha value is -3.61. The number of carbonyl (C=O) groups excluding carboxylic acids is 1. The van der Waals surface area contributed by atoms with Crippen LogP contribution in [0.4, 0.5) is 17.2 Å². The van der Waals surface area contributed by atoms with E-state index in [1.807, 2.05) is 13.8 Å². The molecule has 7 nitrogen and oxygen atoms in total. The average Bonchev–Trinajstić information content (AvgIpc) is 2.80. The fourth-order valence-corrected chi connectivity index (χ4v) is 4.17. The minimum Gasteiger partial charge on any atom is -0.478 e. The summed E-state index contributed by atoms with van der Waals surface area (Å²) in [5, 5.41) is 13.2. The molecule has 2 aromatic carbocycles. The number of anilines is 3. The maximum Gasteiger partial charge on any atom is 0.336 e. The van der Waals surface area contributed by atoms with E-state index in [4.69, 9.17) is 4.98 Å². The van der Waals surface area contributed by atoms with Crippen molar-refractivity contribution in [3.8, 4) is 0 Å². The lowest BCUT2D eigenvalue weighted by molar-refractivity contribution is -0.118. The van der Waals surface area contributed by atoms with Gasteiger partial charge >= 0.3 is 5.97 Å². The summed E-state index contributed by atoms with van der Waals surface area (Å²) in [4.78, 5) is 33.4. The number of hydrogen-bond acceptors (Lipinski definition) is 5. The summed E-state index contributed by atoms with van der Waals surface area (Å²) in [5.74, 6) is -0.621. The van der Waals surface area contributed by atoms with Crippen LogP contribution in [0.3, 0.4) is 0 Å². The number of fused-ring (bicyclic) bond motifs is 1. The molecule has 0 radical (unpaired) electrons. The van der Waals surface area contributed by atoms with Crippen LogP contribution >= 0.6 is 0 Å². The first-order chi connectivity index (χ1) is 15.7. The Kier molecular flexibility index (Phi) is 6.22. The third kappa shape index (κ3) is 4.62. The van der Waals surface area contributed by atoms with Gasteiger partial charge in [-0.3, -0.25) is 4.79 Å². The van der Waals surface area contributed by atoms with Crippen molar-refractivity contribution in [1.82, 2.24) is 4.98 Å². The van der Waals surface area contributed by atoms with Crippen LogP contribution in [0.15, 0.2) is 42.5 Å². The molecule has 1 amide bonds. The number of nitrogens with one attached hydrogen (secondary N) is 1. The van der Waals surface area contributed by atoms with Crippen LogP contribution in [0.2, 0.25) is 0 Å². The predicted octanol–water partition coefficient (Wildman–Crippen LogP) is 4.47. The monoisotopic (exact) mass is 446 g/mol. The highest BCUT2D eigenvalue weighted by molar-refractivity contribution is 6.05. The summed E-state index contributed by atoms with van der Waals surface area (Å²) in [6, 6.07) is 13.2. The van der Waals surface area contributed by atoms with Crippen molar-refractivity contribution in [3.05, 3.63) is 59.2 Å². The van der Waals surface area contributed by atoms with Crippen LogP contribution in [0.1, 0.15) is 35.3 Å². The molecule has 0 saturated carbocycles. The molecule has 4 rings (SSSR count). The van der Waals surface area contributed by atoms with Crippen LogP contribution in [0, 0.1) is 19.8 Å². The van der Waals surface area contributed by atoms with Crippen molar-refractivity contribution >= 4 is 40.0 Å². The number of carboxylic acid groups (broad SMARTS) is 1. The molecule has 1 aliphatic heterocycles. The SMILES string of the molecule is Cc1cccc(N2CCN(c3cc(C(=O)O)c4cc(NC(=O)C(C)C)ccc4n3)CC2)c1C. The fourth-order valence-electron chi connectivity index (χ4n) is 4.17. The van der Waals surface area contributed by atoms with Gasteiger partial charge in [0.25, 0.3) is 0 Å². The van der Waals surface area contributed by atoms with Crippen molar-refractivity contribution in [2.75, 3.05) is 41.3 Å². The second kappa shape index (κ2) is 9.10. The van der Waals surface area contributed by atoms with Crippen LogP contribution in [-0.2, 0) is 4.79 Å². The molecule has 0 bridgehead atoms. The quantitative estimate of drug-likeness (QED) is 0.601. The van der Waals surface area contributed by atoms with Gasteiger partial charge in [0, 0.05) is 48.9 Å². The zero-order chi connectivity index (χ0) is 23.7. The molecule has 0 aliphatic carbocycles. The fraction of sp³-hybridized carbons (Fsp3) is 0.346. The van der Waals surface area contributed by atoms with E-state index >= 15 is 0 Å². The maximum absolute atomic E-state index is 12.1. The lowest BCUT2D eigenvalue weighted by Gasteiger charge is -2.37. The molecule has 1 saturated heterocycles. The molecule has 1 aromatic heterocycles. The first-order valence-corrected chi connectivity index (χ1v) is 11.3. The normalized spacial score (nSPS) is 14.1. The van der Waals surface area contributed by atoms with Gasteiger partial charge < -0.3 is 20.2 Å². The molecule has 0 atom stereocenters. The minimum atomic E-state index is -1.01. The van der Waals surface area contributed by atoms with Gasteiger partial charge in [-0.05, 0) is 55.3 Å². The summed E-state index contributed by atoms with van der Waals surface area (Å²) < 4.78 is 0. The highest BCUT2D eigenvalue weighted by atomic mass is 16.4. The summed E-state index contributed by atoms with van der Waals surface area (Å²) in [5.41, 5.74) is 5.19. The summed E-state index contributed by atoms with van der Waals surface area (Å²) in [6.07, 6.45) is 0. The summed E-state index contributed by atoms with van der Waals surface area (Å²) in [7, 11) is 0. The van der Waals surface area contributed by atoms with Crippen molar-refractivity contribution in [2.24, 2.45) is 5.92 Å². The van der Waals surface area contributed by atoms with E-state index in [2.05, 4.69) is 47.2 Å². The third-order valence-corrected chi connectivity index (χ3v) is 6.34. The topological polar surface area (TPSA) is 85.8 Å². The number of pyridine rings is 1. The second-order valence-electron chi connectivity index (χ2n) is 8.90. The van der Waals surface area contributed by atoms with Crippen molar-refractivity contribution in [2.45, 2.75) is 27.7 Å². The second-order valence-corrected chi connectivity index (χ2v) is 8.90. The number of aromatic carboxylic acids is 1.